The van der Waals surface area contributed by atoms with Gasteiger partial charge in [-0.1, -0.05) is 38.5 Å². The van der Waals surface area contributed by atoms with Gasteiger partial charge in [-0.3, -0.25) is 4.79 Å². The van der Waals surface area contributed by atoms with Crippen LogP contribution in [0.4, 0.5) is 0 Å². The van der Waals surface area contributed by atoms with E-state index in [9.17, 15) is 14.7 Å². The number of hydrogen-bond donors (Lipinski definition) is 1. The number of esters is 1. The van der Waals surface area contributed by atoms with Crippen LogP contribution < -0.4 is 0 Å². The molecule has 4 rings (SSSR count). The van der Waals surface area contributed by atoms with Gasteiger partial charge in [-0.25, -0.2) is 0 Å². The molecule has 0 aromatic rings. The number of aliphatic hydroxyl groups is 1. The third kappa shape index (κ3) is 3.86. The molecule has 4 heteroatoms. The van der Waals surface area contributed by atoms with E-state index >= 15 is 0 Å². The molecule has 0 radical (unpaired) electrons. The fraction of sp³-hybridized carbons (Fsp3) is 0.600. The topological polar surface area (TPSA) is 63.6 Å². The van der Waals surface area contributed by atoms with Gasteiger partial charge in [0.2, 0.25) is 0 Å². The first-order valence-corrected chi connectivity index (χ1v) is 10.9. The van der Waals surface area contributed by atoms with Crippen LogP contribution in [0.2, 0.25) is 0 Å². The number of allylic oxidation sites excluding steroid dienone is 6. The van der Waals surface area contributed by atoms with Crippen LogP contribution in [0.3, 0.4) is 0 Å². The highest BCUT2D eigenvalue weighted by Gasteiger charge is 2.48. The lowest BCUT2D eigenvalue weighted by molar-refractivity contribution is -0.142. The number of methoxy groups -OCH3 is 1. The SMILES string of the molecule is CCC(C)=O.COC(=O)C1C=C2C=C(O)CCC2(C)C2=C1C1=CCC(C)C1CC2. The van der Waals surface area contributed by atoms with E-state index in [1.54, 1.807) is 6.92 Å². The maximum atomic E-state index is 12.5. The lowest BCUT2D eigenvalue weighted by Crippen LogP contribution is -2.37. The Balaban J connectivity index is 0.000000431. The van der Waals surface area contributed by atoms with Crippen molar-refractivity contribution in [1.82, 2.24) is 0 Å². The molecule has 29 heavy (non-hydrogen) atoms. The van der Waals surface area contributed by atoms with Gasteiger partial charge in [-0.2, -0.15) is 0 Å². The number of ketones is 1. The Hall–Kier alpha value is -2.10. The Morgan fingerprint density at radius 3 is 2.62 bits per heavy atom. The number of fused-ring (bicyclic) bond motifs is 4. The predicted molar refractivity (Wildman–Crippen MR) is 114 cm³/mol. The zero-order valence-electron chi connectivity index (χ0n) is 18.4. The lowest BCUT2D eigenvalue weighted by Gasteiger charge is -2.46. The summed E-state index contributed by atoms with van der Waals surface area (Å²) in [5.74, 6) is 1.42. The van der Waals surface area contributed by atoms with E-state index < -0.39 is 0 Å². The smallest absolute Gasteiger partial charge is 0.317 e. The molecule has 0 spiro atoms. The second-order valence-corrected chi connectivity index (χ2v) is 9.06. The van der Waals surface area contributed by atoms with Crippen molar-refractivity contribution in [1.29, 1.82) is 0 Å². The molecule has 1 N–H and O–H groups in total. The summed E-state index contributed by atoms with van der Waals surface area (Å²) in [5, 5.41) is 10.0. The summed E-state index contributed by atoms with van der Waals surface area (Å²) in [5.41, 5.74) is 5.09. The molecule has 0 fully saturated rings. The predicted octanol–water partition coefficient (Wildman–Crippen LogP) is 5.62. The Bertz CT molecular complexity index is 826. The van der Waals surface area contributed by atoms with Crippen LogP contribution in [0.1, 0.15) is 66.2 Å². The quantitative estimate of drug-likeness (QED) is 0.614. The van der Waals surface area contributed by atoms with Gasteiger partial charge in [0.05, 0.1) is 12.9 Å². The monoisotopic (exact) mass is 398 g/mol. The van der Waals surface area contributed by atoms with Crippen LogP contribution in [0.5, 0.6) is 0 Å². The van der Waals surface area contributed by atoms with Crippen molar-refractivity contribution in [3.05, 3.63) is 46.3 Å². The van der Waals surface area contributed by atoms with Crippen LogP contribution in [0, 0.1) is 23.2 Å². The first-order valence-electron chi connectivity index (χ1n) is 10.9. The standard InChI is InChI=1S/C21H26O3.C4H8O/c1-12-4-5-16-15(12)6-7-18-19(16)17(20(23)24-3)11-13-10-14(22)8-9-21(13,18)2;1-3-4(2)5/h5,10-12,15,17,22H,4,6-9H2,1-3H3;3H2,1-2H3. The Morgan fingerprint density at radius 1 is 1.31 bits per heavy atom. The number of ether oxygens (including phenoxy) is 1. The van der Waals surface area contributed by atoms with Gasteiger partial charge in [-0.15, -0.1) is 0 Å². The van der Waals surface area contributed by atoms with Gasteiger partial charge in [0.15, 0.2) is 0 Å². The Kier molecular flexibility index (Phi) is 6.21. The minimum Gasteiger partial charge on any atom is -0.512 e. The summed E-state index contributed by atoms with van der Waals surface area (Å²) in [4.78, 5) is 22.4. The highest BCUT2D eigenvalue weighted by molar-refractivity contribution is 5.82. The molecule has 4 aliphatic rings. The van der Waals surface area contributed by atoms with Crippen molar-refractivity contribution in [3.8, 4) is 0 Å². The molecule has 0 amide bonds. The Labute approximate surface area is 174 Å². The molecular weight excluding hydrogens is 364 g/mol. The number of carbonyl (C=O) groups excluding carboxylic acids is 2. The maximum Gasteiger partial charge on any atom is 0.317 e. The van der Waals surface area contributed by atoms with E-state index in [4.69, 9.17) is 4.74 Å². The second-order valence-electron chi connectivity index (χ2n) is 9.06. The summed E-state index contributed by atoms with van der Waals surface area (Å²) in [6.45, 7) is 8.03. The number of Topliss-reactive ketones (excluding diaryl/α,β-unsaturated/α-hetero) is 1. The van der Waals surface area contributed by atoms with E-state index in [0.717, 1.165) is 24.8 Å². The molecule has 4 unspecified atom stereocenters. The lowest BCUT2D eigenvalue weighted by atomic mass is 9.57. The van der Waals surface area contributed by atoms with Crippen LogP contribution in [0.15, 0.2) is 46.3 Å². The van der Waals surface area contributed by atoms with E-state index in [2.05, 4.69) is 19.9 Å². The van der Waals surface area contributed by atoms with Crippen molar-refractivity contribution in [3.63, 3.8) is 0 Å². The molecule has 0 aromatic carbocycles. The third-order valence-electron chi connectivity index (χ3n) is 7.25. The van der Waals surface area contributed by atoms with Crippen LogP contribution in [0.25, 0.3) is 0 Å². The molecule has 0 bridgehead atoms. The first kappa shape index (κ1) is 21.6. The molecule has 158 valence electrons. The highest BCUT2D eigenvalue weighted by Crippen LogP contribution is 2.58. The molecule has 4 atom stereocenters. The normalized spacial score (nSPS) is 32.4. The van der Waals surface area contributed by atoms with E-state index in [1.165, 1.54) is 30.2 Å². The van der Waals surface area contributed by atoms with Crippen molar-refractivity contribution < 1.29 is 19.4 Å². The molecule has 0 saturated carbocycles. The third-order valence-corrected chi connectivity index (χ3v) is 7.25. The number of rotatable bonds is 2. The summed E-state index contributed by atoms with van der Waals surface area (Å²) >= 11 is 0. The fourth-order valence-corrected chi connectivity index (χ4v) is 5.30. The van der Waals surface area contributed by atoms with Crippen LogP contribution in [-0.2, 0) is 14.3 Å². The van der Waals surface area contributed by atoms with E-state index in [-0.39, 0.29) is 23.1 Å². The minimum absolute atomic E-state index is 0.0519. The number of carbonyl (C=O) groups is 2. The molecule has 0 saturated heterocycles. The zero-order chi connectivity index (χ0) is 21.3. The largest absolute Gasteiger partial charge is 0.512 e. The van der Waals surface area contributed by atoms with Gasteiger partial charge < -0.3 is 14.6 Å². The fourth-order valence-electron chi connectivity index (χ4n) is 5.30. The number of hydrogen-bond acceptors (Lipinski definition) is 4. The maximum absolute atomic E-state index is 12.5. The molecule has 4 nitrogen and oxygen atoms in total. The molecular formula is C25H34O4. The van der Waals surface area contributed by atoms with Crippen molar-refractivity contribution in [2.75, 3.05) is 7.11 Å². The van der Waals surface area contributed by atoms with Gasteiger partial charge in [-0.05, 0) is 67.2 Å². The molecule has 0 aromatic heterocycles. The number of aliphatic hydroxyl groups excluding tert-OH is 1. The minimum atomic E-state index is -0.324. The van der Waals surface area contributed by atoms with Crippen LogP contribution in [-0.4, -0.2) is 24.0 Å². The van der Waals surface area contributed by atoms with E-state index in [1.807, 2.05) is 19.1 Å². The molecule has 0 aliphatic heterocycles. The van der Waals surface area contributed by atoms with Gasteiger partial charge in [0.1, 0.15) is 11.7 Å². The zero-order valence-corrected chi connectivity index (χ0v) is 18.4. The summed E-state index contributed by atoms with van der Waals surface area (Å²) < 4.78 is 5.13. The average molecular weight is 399 g/mol. The van der Waals surface area contributed by atoms with E-state index in [0.29, 0.717) is 30.4 Å². The first-order chi connectivity index (χ1) is 13.7. The van der Waals surface area contributed by atoms with Crippen molar-refractivity contribution in [2.45, 2.75) is 66.2 Å². The highest BCUT2D eigenvalue weighted by atomic mass is 16.5. The molecule has 0 heterocycles. The summed E-state index contributed by atoms with van der Waals surface area (Å²) in [7, 11) is 1.47. The van der Waals surface area contributed by atoms with Crippen LogP contribution >= 0.6 is 0 Å². The van der Waals surface area contributed by atoms with Crippen molar-refractivity contribution >= 4 is 11.8 Å². The average Bonchev–Trinajstić information content (AvgIpc) is 3.09. The summed E-state index contributed by atoms with van der Waals surface area (Å²) in [6.07, 6.45) is 11.9. The second kappa shape index (κ2) is 8.33. The van der Waals surface area contributed by atoms with Gasteiger partial charge >= 0.3 is 5.97 Å². The van der Waals surface area contributed by atoms with Crippen molar-refractivity contribution in [2.24, 2.45) is 23.2 Å². The van der Waals surface area contributed by atoms with Gasteiger partial charge in [0, 0.05) is 18.3 Å². The molecule has 4 aliphatic carbocycles. The van der Waals surface area contributed by atoms with Gasteiger partial charge in [0.25, 0.3) is 0 Å². The Morgan fingerprint density at radius 2 is 2.00 bits per heavy atom. The summed E-state index contributed by atoms with van der Waals surface area (Å²) in [6, 6.07) is 0.